The van der Waals surface area contributed by atoms with Crippen LogP contribution in [-0.2, 0) is 23.4 Å². The van der Waals surface area contributed by atoms with Crippen molar-refractivity contribution in [2.24, 2.45) is 0 Å². The van der Waals surface area contributed by atoms with Crippen LogP contribution in [0.15, 0.2) is 0 Å². The summed E-state index contributed by atoms with van der Waals surface area (Å²) in [4.78, 5) is 0. The predicted molar refractivity (Wildman–Crippen MR) is 9.70 cm³/mol. The van der Waals surface area contributed by atoms with E-state index in [1.807, 2.05) is 0 Å². The number of hydrogen-bond acceptors (Lipinski definition) is 3. The van der Waals surface area contributed by atoms with Gasteiger partial charge in [-0.15, -0.1) is 0 Å². The Balaban J connectivity index is 0. The molecule has 0 aromatic carbocycles. The van der Waals surface area contributed by atoms with Gasteiger partial charge in [0.1, 0.15) is 0 Å². The van der Waals surface area contributed by atoms with Crippen LogP contribution in [-0.4, -0.2) is 13.0 Å². The van der Waals surface area contributed by atoms with Crippen molar-refractivity contribution in [2.45, 2.75) is 0 Å². The minimum absolute atomic E-state index is 0. The molecule has 0 aliphatic rings. The van der Waals surface area contributed by atoms with Crippen LogP contribution in [0.1, 0.15) is 0 Å². The van der Waals surface area contributed by atoms with Crippen molar-refractivity contribution in [1.29, 1.82) is 0 Å². The van der Waals surface area contributed by atoms with Crippen molar-refractivity contribution in [2.75, 3.05) is 0 Å². The maximum Gasteiger partial charge on any atom is 1.00 e. The fourth-order valence-electron chi connectivity index (χ4n) is 0. The summed E-state index contributed by atoms with van der Waals surface area (Å²) in [6, 6.07) is 0. The Labute approximate surface area is 65.4 Å². The molecule has 0 amide bonds. The van der Waals surface area contributed by atoms with Gasteiger partial charge in [0.2, 0.25) is 0 Å². The van der Waals surface area contributed by atoms with Gasteiger partial charge in [-0.1, -0.05) is 0 Å². The van der Waals surface area contributed by atoms with Crippen LogP contribution in [0.25, 0.3) is 0 Å². The first-order valence-electron chi connectivity index (χ1n) is 0.644. The van der Waals surface area contributed by atoms with Crippen molar-refractivity contribution in [1.82, 2.24) is 0 Å². The standard InChI is InChI=1S/Fe.Na.O3S/c;;1-4(2)3/q2*+1;-1. The molecule has 0 aromatic heterocycles. The summed E-state index contributed by atoms with van der Waals surface area (Å²) in [7, 11) is -4.17. The Morgan fingerprint density at radius 2 is 1.50 bits per heavy atom. The second kappa shape index (κ2) is 3.43. The largest absolute Gasteiger partial charge is 1.00 e. The molecule has 0 heterocycles. The minimum Gasteiger partial charge on any atom is 1.00 e. The van der Waals surface area contributed by atoms with Crippen LogP contribution >= 0.6 is 0 Å². The molecule has 0 saturated heterocycles. The molecule has 0 fully saturated rings. The predicted octanol–water partition coefficient (Wildman–Crippen LogP) is -4.00. The monoisotopic (exact) mass is 159 g/mol. The van der Waals surface area contributed by atoms with Gasteiger partial charge in [-0.25, -0.2) is 0 Å². The molecule has 0 unspecified atom stereocenters. The second-order valence-corrected chi connectivity index (χ2v) is 2.80. The van der Waals surface area contributed by atoms with E-state index in [2.05, 4.69) is 14.9 Å². The molecule has 3 nitrogen and oxygen atoms in total. The van der Waals surface area contributed by atoms with E-state index >= 15 is 0 Å². The SMILES string of the molecule is O=[S](=O)([O-])[Fe+].[Na+]. The molecule has 0 aliphatic heterocycles. The maximum absolute atomic E-state index is 8.97. The molecular formula is FeNaO3S+. The van der Waals surface area contributed by atoms with Gasteiger partial charge < -0.3 is 0 Å². The average molecular weight is 159 g/mol. The molecule has 6 heavy (non-hydrogen) atoms. The molecule has 0 spiro atoms. The summed E-state index contributed by atoms with van der Waals surface area (Å²) < 4.78 is 26.9. The van der Waals surface area contributed by atoms with Crippen LogP contribution in [0.4, 0.5) is 0 Å². The van der Waals surface area contributed by atoms with Crippen molar-refractivity contribution < 1.29 is 57.4 Å². The summed E-state index contributed by atoms with van der Waals surface area (Å²) >= 11 is 2.19. The van der Waals surface area contributed by atoms with E-state index in [1.54, 1.807) is 0 Å². The Hall–Kier alpha value is 1.43. The third-order valence-electron chi connectivity index (χ3n) is 0. The normalized spacial score (nSPS) is 9.67. The summed E-state index contributed by atoms with van der Waals surface area (Å²) in [5.74, 6) is 0. The molecular weight excluding hydrogens is 159 g/mol. The number of rotatable bonds is 0. The third kappa shape index (κ3) is 52.1. The van der Waals surface area contributed by atoms with Crippen LogP contribution in [0.5, 0.6) is 0 Å². The second-order valence-electron chi connectivity index (χ2n) is 0.381. The Morgan fingerprint density at radius 1 is 1.50 bits per heavy atom. The zero-order valence-corrected chi connectivity index (χ0v) is 6.91. The minimum atomic E-state index is -4.17. The van der Waals surface area contributed by atoms with E-state index < -0.39 is 8.54 Å². The third-order valence-corrected chi connectivity index (χ3v) is 0. The maximum atomic E-state index is 8.97. The van der Waals surface area contributed by atoms with E-state index in [1.165, 1.54) is 0 Å². The first-order chi connectivity index (χ1) is 2.00. The van der Waals surface area contributed by atoms with Crippen molar-refractivity contribution in [3.05, 3.63) is 0 Å². The number of hydrogen-bond donors (Lipinski definition) is 0. The topological polar surface area (TPSA) is 57.2 Å². The molecule has 0 bridgehead atoms. The van der Waals surface area contributed by atoms with Gasteiger partial charge >= 0.3 is 66.0 Å². The van der Waals surface area contributed by atoms with Crippen LogP contribution in [0.3, 0.4) is 0 Å². The van der Waals surface area contributed by atoms with Crippen LogP contribution in [0, 0.1) is 0 Å². The summed E-state index contributed by atoms with van der Waals surface area (Å²) in [5.41, 5.74) is 0. The Kier molecular flexibility index (Phi) is 5.96. The van der Waals surface area contributed by atoms with Gasteiger partial charge in [-0.3, -0.25) is 0 Å². The smallest absolute Gasteiger partial charge is 1.00 e. The summed E-state index contributed by atoms with van der Waals surface area (Å²) in [6.07, 6.45) is 0. The molecule has 0 saturated carbocycles. The van der Waals surface area contributed by atoms with E-state index in [9.17, 15) is 0 Å². The van der Waals surface area contributed by atoms with Gasteiger partial charge in [-0.2, -0.15) is 0 Å². The van der Waals surface area contributed by atoms with Crippen molar-refractivity contribution >= 4 is 8.54 Å². The van der Waals surface area contributed by atoms with Gasteiger partial charge in [0.15, 0.2) is 0 Å². The average Bonchev–Trinajstić information content (AvgIpc) is 0.722. The molecule has 0 atom stereocenters. The fourth-order valence-corrected chi connectivity index (χ4v) is 0. The zero-order chi connectivity index (χ0) is 4.50. The van der Waals surface area contributed by atoms with E-state index in [4.69, 9.17) is 13.0 Å². The molecule has 0 radical (unpaired) electrons. The molecule has 32 valence electrons. The van der Waals surface area contributed by atoms with Gasteiger partial charge in [0.05, 0.1) is 0 Å². The summed E-state index contributed by atoms with van der Waals surface area (Å²) in [5, 5.41) is 0. The molecule has 0 rings (SSSR count). The van der Waals surface area contributed by atoms with Crippen LogP contribution < -0.4 is 29.6 Å². The van der Waals surface area contributed by atoms with Gasteiger partial charge in [-0.05, 0) is 0 Å². The van der Waals surface area contributed by atoms with E-state index in [-0.39, 0.29) is 29.6 Å². The van der Waals surface area contributed by atoms with Crippen LogP contribution in [0.2, 0.25) is 0 Å². The first-order valence-corrected chi connectivity index (χ1v) is 3.29. The van der Waals surface area contributed by atoms with Gasteiger partial charge in [0.25, 0.3) is 0 Å². The van der Waals surface area contributed by atoms with Gasteiger partial charge in [0, 0.05) is 0 Å². The first kappa shape index (κ1) is 10.4. The zero-order valence-electron chi connectivity index (χ0n) is 2.99. The quantitative estimate of drug-likeness (QED) is 0.267. The summed E-state index contributed by atoms with van der Waals surface area (Å²) in [6.45, 7) is 0. The van der Waals surface area contributed by atoms with Crippen molar-refractivity contribution in [3.8, 4) is 0 Å². The van der Waals surface area contributed by atoms with E-state index in [0.717, 1.165) is 0 Å². The molecule has 0 N–H and O–H groups in total. The Morgan fingerprint density at radius 3 is 1.50 bits per heavy atom. The molecule has 6 heteroatoms. The van der Waals surface area contributed by atoms with E-state index in [0.29, 0.717) is 0 Å². The molecule has 0 aromatic rings. The fraction of sp³-hybridized carbons (Fsp3) is 0. The Bertz CT molecular complexity index is 94.0. The molecule has 0 aliphatic carbocycles. The van der Waals surface area contributed by atoms with Crippen molar-refractivity contribution in [3.63, 3.8) is 0 Å².